The average molecular weight is 235 g/mol. The van der Waals surface area contributed by atoms with E-state index in [1.807, 2.05) is 13.0 Å². The minimum Gasteiger partial charge on any atom is -0.478 e. The Labute approximate surface area is 100 Å². The van der Waals surface area contributed by atoms with E-state index in [1.54, 1.807) is 12.1 Å². The van der Waals surface area contributed by atoms with Crippen molar-refractivity contribution in [3.63, 3.8) is 0 Å². The predicted octanol–water partition coefficient (Wildman–Crippen LogP) is 0.964. The van der Waals surface area contributed by atoms with E-state index in [0.29, 0.717) is 12.1 Å². The van der Waals surface area contributed by atoms with E-state index in [1.165, 1.54) is 0 Å². The zero-order valence-corrected chi connectivity index (χ0v) is 9.81. The van der Waals surface area contributed by atoms with E-state index in [2.05, 4.69) is 10.2 Å². The fourth-order valence-corrected chi connectivity index (χ4v) is 2.07. The smallest absolute Gasteiger partial charge is 0.335 e. The second-order valence-electron chi connectivity index (χ2n) is 4.24. The highest BCUT2D eigenvalue weighted by molar-refractivity contribution is 5.91. The van der Waals surface area contributed by atoms with Gasteiger partial charge in [0.25, 0.3) is 0 Å². The van der Waals surface area contributed by atoms with Crippen LogP contribution < -0.4 is 16.0 Å². The van der Waals surface area contributed by atoms with Crippen LogP contribution in [0.4, 0.5) is 11.4 Å². The fraction of sp³-hybridized carbons (Fsp3) is 0.417. The van der Waals surface area contributed by atoms with Crippen LogP contribution in [0.5, 0.6) is 0 Å². The van der Waals surface area contributed by atoms with Crippen LogP contribution in [-0.4, -0.2) is 36.8 Å². The van der Waals surface area contributed by atoms with Gasteiger partial charge in [-0.05, 0) is 25.1 Å². The normalized spacial score (nSPS) is 16.0. The summed E-state index contributed by atoms with van der Waals surface area (Å²) in [4.78, 5) is 13.1. The number of anilines is 2. The number of nitrogens with two attached hydrogens (primary N) is 1. The van der Waals surface area contributed by atoms with Crippen molar-refractivity contribution in [2.75, 3.05) is 29.9 Å². The number of carbonyl (C=O) groups is 1. The van der Waals surface area contributed by atoms with Crippen LogP contribution in [-0.2, 0) is 0 Å². The van der Waals surface area contributed by atoms with Crippen LogP contribution in [0.25, 0.3) is 0 Å². The Kier molecular flexibility index (Phi) is 3.19. The van der Waals surface area contributed by atoms with Crippen LogP contribution in [0, 0.1) is 0 Å². The lowest BCUT2D eigenvalue weighted by Crippen LogP contribution is -2.44. The van der Waals surface area contributed by atoms with E-state index >= 15 is 0 Å². The van der Waals surface area contributed by atoms with Crippen molar-refractivity contribution in [3.05, 3.63) is 23.8 Å². The van der Waals surface area contributed by atoms with Gasteiger partial charge in [-0.2, -0.15) is 0 Å². The molecule has 1 aromatic rings. The van der Waals surface area contributed by atoms with E-state index in [-0.39, 0.29) is 6.04 Å². The standard InChI is InChI=1S/C12H17N3O2/c1-8(7-13)15-5-4-14-10-3-2-9(12(16)17)6-11(10)15/h2-3,6,8,14H,4-5,7,13H2,1H3,(H,16,17). The lowest BCUT2D eigenvalue weighted by atomic mass is 10.1. The molecule has 92 valence electrons. The number of benzene rings is 1. The first-order chi connectivity index (χ1) is 8.13. The number of hydrogen-bond acceptors (Lipinski definition) is 4. The number of carboxylic acids is 1. The summed E-state index contributed by atoms with van der Waals surface area (Å²) in [5.74, 6) is -0.904. The molecule has 0 bridgehead atoms. The van der Waals surface area contributed by atoms with Crippen molar-refractivity contribution >= 4 is 17.3 Å². The SMILES string of the molecule is CC(CN)N1CCNc2ccc(C(=O)O)cc21. The van der Waals surface area contributed by atoms with Crippen LogP contribution in [0.1, 0.15) is 17.3 Å². The molecule has 5 nitrogen and oxygen atoms in total. The Morgan fingerprint density at radius 1 is 1.65 bits per heavy atom. The van der Waals surface area contributed by atoms with Gasteiger partial charge in [0.1, 0.15) is 0 Å². The minimum atomic E-state index is -0.904. The highest BCUT2D eigenvalue weighted by atomic mass is 16.4. The molecule has 0 aliphatic carbocycles. The number of nitrogens with zero attached hydrogens (tertiary/aromatic N) is 1. The first-order valence-electron chi connectivity index (χ1n) is 5.71. The molecule has 1 unspecified atom stereocenters. The molecule has 1 aliphatic rings. The van der Waals surface area contributed by atoms with Crippen molar-refractivity contribution < 1.29 is 9.90 Å². The summed E-state index contributed by atoms with van der Waals surface area (Å²) in [6, 6.07) is 5.34. The number of fused-ring (bicyclic) bond motifs is 1. The van der Waals surface area contributed by atoms with Gasteiger partial charge in [0.2, 0.25) is 0 Å². The van der Waals surface area contributed by atoms with Crippen LogP contribution in [0.2, 0.25) is 0 Å². The molecule has 0 saturated carbocycles. The molecular weight excluding hydrogens is 218 g/mol. The topological polar surface area (TPSA) is 78.6 Å². The Hall–Kier alpha value is -1.75. The molecule has 1 heterocycles. The Morgan fingerprint density at radius 2 is 2.41 bits per heavy atom. The summed E-state index contributed by atoms with van der Waals surface area (Å²) in [5.41, 5.74) is 7.89. The molecule has 0 amide bonds. The monoisotopic (exact) mass is 235 g/mol. The second-order valence-corrected chi connectivity index (χ2v) is 4.24. The average Bonchev–Trinajstić information content (AvgIpc) is 2.36. The van der Waals surface area contributed by atoms with Gasteiger partial charge in [-0.25, -0.2) is 4.79 Å². The summed E-state index contributed by atoms with van der Waals surface area (Å²) in [7, 11) is 0. The summed E-state index contributed by atoms with van der Waals surface area (Å²) in [6.45, 7) is 4.29. The molecule has 5 heteroatoms. The van der Waals surface area contributed by atoms with E-state index in [0.717, 1.165) is 24.5 Å². The number of hydrogen-bond donors (Lipinski definition) is 3. The Morgan fingerprint density at radius 3 is 3.06 bits per heavy atom. The van der Waals surface area contributed by atoms with Crippen LogP contribution >= 0.6 is 0 Å². The zero-order valence-electron chi connectivity index (χ0n) is 9.81. The van der Waals surface area contributed by atoms with Gasteiger partial charge in [-0.3, -0.25) is 0 Å². The lowest BCUT2D eigenvalue weighted by Gasteiger charge is -2.36. The van der Waals surface area contributed by atoms with Crippen LogP contribution in [0.15, 0.2) is 18.2 Å². The maximum atomic E-state index is 11.0. The molecule has 4 N–H and O–H groups in total. The summed E-state index contributed by atoms with van der Waals surface area (Å²) < 4.78 is 0. The summed E-state index contributed by atoms with van der Waals surface area (Å²) in [5, 5.41) is 12.3. The first kappa shape index (κ1) is 11.7. The van der Waals surface area contributed by atoms with E-state index in [4.69, 9.17) is 10.8 Å². The van der Waals surface area contributed by atoms with Crippen molar-refractivity contribution in [2.24, 2.45) is 5.73 Å². The van der Waals surface area contributed by atoms with Gasteiger partial charge in [0.05, 0.1) is 16.9 Å². The number of aromatic carboxylic acids is 1. The maximum absolute atomic E-state index is 11.0. The maximum Gasteiger partial charge on any atom is 0.335 e. The van der Waals surface area contributed by atoms with Gasteiger partial charge in [0, 0.05) is 25.7 Å². The van der Waals surface area contributed by atoms with E-state index < -0.39 is 5.97 Å². The van der Waals surface area contributed by atoms with Crippen molar-refractivity contribution in [3.8, 4) is 0 Å². The summed E-state index contributed by atoms with van der Waals surface area (Å²) >= 11 is 0. The number of carboxylic acid groups (broad SMARTS) is 1. The largest absolute Gasteiger partial charge is 0.478 e. The van der Waals surface area contributed by atoms with E-state index in [9.17, 15) is 4.79 Å². The molecule has 0 radical (unpaired) electrons. The number of rotatable bonds is 3. The van der Waals surface area contributed by atoms with Crippen molar-refractivity contribution in [1.82, 2.24) is 0 Å². The first-order valence-corrected chi connectivity index (χ1v) is 5.71. The van der Waals surface area contributed by atoms with Gasteiger partial charge < -0.3 is 21.1 Å². The van der Waals surface area contributed by atoms with Crippen molar-refractivity contribution in [2.45, 2.75) is 13.0 Å². The molecular formula is C12H17N3O2. The zero-order chi connectivity index (χ0) is 12.4. The molecule has 17 heavy (non-hydrogen) atoms. The van der Waals surface area contributed by atoms with Gasteiger partial charge in [-0.1, -0.05) is 0 Å². The molecule has 1 atom stereocenters. The Bertz CT molecular complexity index is 434. The highest BCUT2D eigenvalue weighted by Gasteiger charge is 2.21. The quantitative estimate of drug-likeness (QED) is 0.727. The molecule has 0 fully saturated rings. The second kappa shape index (κ2) is 4.63. The molecule has 1 aromatic carbocycles. The third-order valence-electron chi connectivity index (χ3n) is 3.10. The Balaban J connectivity index is 2.40. The summed E-state index contributed by atoms with van der Waals surface area (Å²) in [6.07, 6.45) is 0. The van der Waals surface area contributed by atoms with Gasteiger partial charge in [-0.15, -0.1) is 0 Å². The van der Waals surface area contributed by atoms with Crippen molar-refractivity contribution in [1.29, 1.82) is 0 Å². The third-order valence-corrected chi connectivity index (χ3v) is 3.10. The molecule has 0 spiro atoms. The minimum absolute atomic E-state index is 0.208. The molecule has 0 aromatic heterocycles. The number of nitrogens with one attached hydrogen (secondary N) is 1. The molecule has 1 aliphatic heterocycles. The van der Waals surface area contributed by atoms with Gasteiger partial charge in [0.15, 0.2) is 0 Å². The lowest BCUT2D eigenvalue weighted by molar-refractivity contribution is 0.0697. The molecule has 0 saturated heterocycles. The molecule has 2 rings (SSSR count). The highest BCUT2D eigenvalue weighted by Crippen LogP contribution is 2.31. The van der Waals surface area contributed by atoms with Gasteiger partial charge >= 0.3 is 5.97 Å². The predicted molar refractivity (Wildman–Crippen MR) is 67.8 cm³/mol. The fourth-order valence-electron chi connectivity index (χ4n) is 2.07. The third kappa shape index (κ3) is 2.19. The van der Waals surface area contributed by atoms with Crippen LogP contribution in [0.3, 0.4) is 0 Å².